The van der Waals surface area contributed by atoms with Gasteiger partial charge in [-0.05, 0) is 177 Å². The lowest BCUT2D eigenvalue weighted by atomic mass is 9.81. The van der Waals surface area contributed by atoms with Gasteiger partial charge in [0, 0.05) is 0 Å². The van der Waals surface area contributed by atoms with E-state index in [-0.39, 0.29) is 0 Å². The van der Waals surface area contributed by atoms with Crippen molar-refractivity contribution in [3.63, 3.8) is 0 Å². The first-order chi connectivity index (χ1) is 32.7. The molecule has 0 atom stereocenters. The van der Waals surface area contributed by atoms with Crippen LogP contribution >= 0.6 is 0 Å². The van der Waals surface area contributed by atoms with E-state index in [2.05, 4.69) is 231 Å². The van der Waals surface area contributed by atoms with Gasteiger partial charge in [-0.25, -0.2) is 0 Å². The highest BCUT2D eigenvalue weighted by Gasteiger charge is 2.26. The van der Waals surface area contributed by atoms with Gasteiger partial charge >= 0.3 is 0 Å². The first kappa shape index (κ1) is 35.8. The molecule has 0 aromatic heterocycles. The summed E-state index contributed by atoms with van der Waals surface area (Å²) in [6.45, 7) is 0. The molecule has 0 saturated carbocycles. The Morgan fingerprint density at radius 1 is 0.167 bits per heavy atom. The first-order valence-corrected chi connectivity index (χ1v) is 23.1. The molecule has 66 heavy (non-hydrogen) atoms. The summed E-state index contributed by atoms with van der Waals surface area (Å²) in [5, 5.41) is 20.4. The second-order valence-electron chi connectivity index (χ2n) is 18.3. The summed E-state index contributed by atoms with van der Waals surface area (Å²) in [4.78, 5) is 0. The Morgan fingerprint density at radius 2 is 0.545 bits per heavy atom. The van der Waals surface area contributed by atoms with Crippen molar-refractivity contribution in [3.05, 3.63) is 231 Å². The molecule has 0 aliphatic heterocycles. The van der Waals surface area contributed by atoms with Crippen molar-refractivity contribution in [3.8, 4) is 66.8 Å². The Labute approximate surface area is 381 Å². The molecule has 0 spiro atoms. The van der Waals surface area contributed by atoms with Crippen molar-refractivity contribution >= 4 is 86.2 Å². The van der Waals surface area contributed by atoms with Gasteiger partial charge in [0.1, 0.15) is 0 Å². The van der Waals surface area contributed by atoms with Crippen molar-refractivity contribution in [2.75, 3.05) is 0 Å². The molecule has 0 heteroatoms. The van der Waals surface area contributed by atoms with Crippen LogP contribution in [0.1, 0.15) is 0 Å². The van der Waals surface area contributed by atoms with Crippen molar-refractivity contribution in [1.29, 1.82) is 0 Å². The molecule has 14 aromatic rings. The molecular weight excluding hydrogens is 793 g/mol. The van der Waals surface area contributed by atoms with Gasteiger partial charge in [-0.2, -0.15) is 0 Å². The van der Waals surface area contributed by atoms with Crippen LogP contribution in [-0.2, 0) is 0 Å². The van der Waals surface area contributed by atoms with E-state index in [0.29, 0.717) is 0 Å². The number of hydrogen-bond donors (Lipinski definition) is 0. The lowest BCUT2D eigenvalue weighted by molar-refractivity contribution is 1.65. The monoisotopic (exact) mass is 830 g/mol. The number of fused-ring (bicyclic) bond motifs is 7. The fourth-order valence-corrected chi connectivity index (χ4v) is 11.9. The zero-order chi connectivity index (χ0) is 43.0. The molecule has 0 saturated heterocycles. The lowest BCUT2D eigenvalue weighted by Crippen LogP contribution is -1.95. The van der Waals surface area contributed by atoms with Crippen LogP contribution in [0.4, 0.5) is 0 Å². The van der Waals surface area contributed by atoms with E-state index in [9.17, 15) is 0 Å². The molecule has 302 valence electrons. The number of benzene rings is 14. The van der Waals surface area contributed by atoms with E-state index >= 15 is 0 Å². The minimum atomic E-state index is 1.21. The average Bonchev–Trinajstić information content (AvgIpc) is 3.71. The Balaban J connectivity index is 1.10. The quantitative estimate of drug-likeness (QED) is 0.122. The van der Waals surface area contributed by atoms with Crippen molar-refractivity contribution in [1.82, 2.24) is 0 Å². The predicted molar refractivity (Wildman–Crippen MR) is 284 cm³/mol. The van der Waals surface area contributed by atoms with Crippen LogP contribution in [0.2, 0.25) is 0 Å². The predicted octanol–water partition coefficient (Wildman–Crippen LogP) is 18.7. The van der Waals surface area contributed by atoms with Crippen molar-refractivity contribution < 1.29 is 0 Å². The van der Waals surface area contributed by atoms with Gasteiger partial charge in [0.15, 0.2) is 0 Å². The minimum absolute atomic E-state index is 1.21. The molecule has 0 unspecified atom stereocenters. The van der Waals surface area contributed by atoms with Crippen LogP contribution in [0, 0.1) is 0 Å². The van der Waals surface area contributed by atoms with E-state index in [0.717, 1.165) is 0 Å². The molecule has 1 aliphatic carbocycles. The van der Waals surface area contributed by atoms with E-state index in [1.807, 2.05) is 0 Å². The Bertz CT molecular complexity index is 4350. The summed E-state index contributed by atoms with van der Waals surface area (Å²) in [7, 11) is 0. The molecule has 1 aliphatic rings. The highest BCUT2D eigenvalue weighted by molar-refractivity contribution is 6.31. The fourth-order valence-electron chi connectivity index (χ4n) is 11.9. The summed E-state index contributed by atoms with van der Waals surface area (Å²) < 4.78 is 0. The van der Waals surface area contributed by atoms with Crippen LogP contribution in [0.25, 0.3) is 153 Å². The first-order valence-electron chi connectivity index (χ1n) is 23.1. The molecule has 0 heterocycles. The molecular formula is C66H38. The normalized spacial score (nSPS) is 12.2. The van der Waals surface area contributed by atoms with E-state index < -0.39 is 0 Å². The summed E-state index contributed by atoms with van der Waals surface area (Å²) in [6, 6.07) is 87.1. The van der Waals surface area contributed by atoms with Crippen LogP contribution in [0.3, 0.4) is 0 Å². The number of rotatable bonds is 4. The van der Waals surface area contributed by atoms with Crippen molar-refractivity contribution in [2.45, 2.75) is 0 Å². The lowest BCUT2D eigenvalue weighted by Gasteiger charge is -2.22. The summed E-state index contributed by atoms with van der Waals surface area (Å²) in [5.74, 6) is 0. The second-order valence-corrected chi connectivity index (χ2v) is 18.3. The molecule has 0 radical (unpaired) electrons. The fraction of sp³-hybridized carbons (Fsp3) is 0. The number of hydrogen-bond acceptors (Lipinski definition) is 0. The standard InChI is InChI=1S/C66H38/c1-3-11-44-35-46(23-19-39(44)9-1)48-28-32-59-60(37-48)65(56-30-26-43-22-21-41-13-7-14-42-25-29-55(56)63(43)62(41)42)58-31-27-49(47-24-20-40-10-2-4-12-45(40)36-47)38-61(58)66(59)57-34-33-54-51-16-6-5-15-50(51)52-17-8-18-53(57)64(52)54/h1-38H. The van der Waals surface area contributed by atoms with Gasteiger partial charge in [-0.15, -0.1) is 0 Å². The molecule has 14 aromatic carbocycles. The maximum atomic E-state index is 2.49. The second kappa shape index (κ2) is 13.5. The molecule has 15 rings (SSSR count). The van der Waals surface area contributed by atoms with Crippen LogP contribution in [0.5, 0.6) is 0 Å². The molecule has 0 bridgehead atoms. The minimum Gasteiger partial charge on any atom is -0.0616 e. The highest BCUT2D eigenvalue weighted by Crippen LogP contribution is 2.53. The van der Waals surface area contributed by atoms with Crippen LogP contribution in [0.15, 0.2) is 231 Å². The van der Waals surface area contributed by atoms with E-state index in [1.54, 1.807) is 0 Å². The summed E-state index contributed by atoms with van der Waals surface area (Å²) in [5.41, 5.74) is 15.2. The average molecular weight is 831 g/mol. The van der Waals surface area contributed by atoms with Gasteiger partial charge in [-0.1, -0.05) is 206 Å². The maximum absolute atomic E-state index is 2.49. The van der Waals surface area contributed by atoms with Crippen LogP contribution in [-0.4, -0.2) is 0 Å². The Kier molecular flexibility index (Phi) is 7.31. The van der Waals surface area contributed by atoms with Gasteiger partial charge in [0.2, 0.25) is 0 Å². The van der Waals surface area contributed by atoms with E-state index in [4.69, 9.17) is 0 Å². The van der Waals surface area contributed by atoms with Gasteiger partial charge in [-0.3, -0.25) is 0 Å². The highest BCUT2D eigenvalue weighted by atomic mass is 14.3. The Hall–Kier alpha value is -8.58. The van der Waals surface area contributed by atoms with E-state index in [1.165, 1.54) is 153 Å². The third-order valence-corrected chi connectivity index (χ3v) is 14.9. The maximum Gasteiger partial charge on any atom is -0.00199 e. The third-order valence-electron chi connectivity index (χ3n) is 14.9. The SMILES string of the molecule is c1ccc2c(c1)-c1cccc3c(-c4c5cc(-c6ccc7ccccc7c6)ccc5c(-c5ccc6ccc7cccc8ccc5c6c78)c5cc(-c6ccc7ccccc7c6)ccc45)ccc-2c13. The molecule has 0 nitrogen and oxygen atoms in total. The van der Waals surface area contributed by atoms with Gasteiger partial charge in [0.25, 0.3) is 0 Å². The summed E-state index contributed by atoms with van der Waals surface area (Å²) >= 11 is 0. The molecule has 0 fully saturated rings. The van der Waals surface area contributed by atoms with Gasteiger partial charge < -0.3 is 0 Å². The Morgan fingerprint density at radius 3 is 1.17 bits per heavy atom. The molecule has 0 N–H and O–H groups in total. The van der Waals surface area contributed by atoms with Crippen LogP contribution < -0.4 is 0 Å². The summed E-state index contributed by atoms with van der Waals surface area (Å²) in [6.07, 6.45) is 0. The largest absolute Gasteiger partial charge is 0.0616 e. The third kappa shape index (κ3) is 5.04. The zero-order valence-electron chi connectivity index (χ0n) is 35.9. The smallest absolute Gasteiger partial charge is 0.00199 e. The van der Waals surface area contributed by atoms with Crippen molar-refractivity contribution in [2.24, 2.45) is 0 Å². The topological polar surface area (TPSA) is 0 Å². The molecule has 0 amide bonds. The zero-order valence-corrected chi connectivity index (χ0v) is 35.9. The van der Waals surface area contributed by atoms with Gasteiger partial charge in [0.05, 0.1) is 0 Å².